The highest BCUT2D eigenvalue weighted by molar-refractivity contribution is 5.63. The molecule has 1 fully saturated rings. The number of benzene rings is 1. The lowest BCUT2D eigenvalue weighted by Gasteiger charge is -2.32. The lowest BCUT2D eigenvalue weighted by Crippen LogP contribution is -2.29. The second-order valence-corrected chi connectivity index (χ2v) is 4.67. The lowest BCUT2D eigenvalue weighted by molar-refractivity contribution is 0.321. The first-order valence-electron chi connectivity index (χ1n) is 5.74. The number of nitrogens with two attached hydrogens (primary N) is 1. The summed E-state index contributed by atoms with van der Waals surface area (Å²) in [5.41, 5.74) is 9.29. The molecule has 0 unspecified atom stereocenters. The van der Waals surface area contributed by atoms with Crippen molar-refractivity contribution in [2.24, 2.45) is 5.92 Å². The topological polar surface area (TPSA) is 29.3 Å². The summed E-state index contributed by atoms with van der Waals surface area (Å²) in [6.45, 7) is 3.27. The van der Waals surface area contributed by atoms with Crippen molar-refractivity contribution in [2.75, 3.05) is 24.2 Å². The molecular weight excluding hydrogens is 184 g/mol. The fourth-order valence-corrected chi connectivity index (χ4v) is 2.22. The van der Waals surface area contributed by atoms with Gasteiger partial charge in [0.1, 0.15) is 0 Å². The smallest absolute Gasteiger partial charge is 0.0414 e. The molecule has 2 rings (SSSR count). The Labute approximate surface area is 92.1 Å². The van der Waals surface area contributed by atoms with Crippen LogP contribution in [0.5, 0.6) is 0 Å². The summed E-state index contributed by atoms with van der Waals surface area (Å²) < 4.78 is 0. The van der Waals surface area contributed by atoms with E-state index in [9.17, 15) is 0 Å². The summed E-state index contributed by atoms with van der Waals surface area (Å²) in [5, 5.41) is 0. The Morgan fingerprint density at radius 1 is 1.40 bits per heavy atom. The van der Waals surface area contributed by atoms with Gasteiger partial charge in [-0.1, -0.05) is 12.5 Å². The molecule has 1 aliphatic rings. The molecule has 0 aromatic heterocycles. The third kappa shape index (κ3) is 2.09. The van der Waals surface area contributed by atoms with E-state index in [0.29, 0.717) is 0 Å². The van der Waals surface area contributed by atoms with Crippen LogP contribution in [0.25, 0.3) is 0 Å². The molecule has 1 saturated carbocycles. The minimum absolute atomic E-state index is 0.896. The highest BCUT2D eigenvalue weighted by Gasteiger charge is 2.19. The van der Waals surface area contributed by atoms with Crippen LogP contribution in [0.15, 0.2) is 18.2 Å². The summed E-state index contributed by atoms with van der Waals surface area (Å²) >= 11 is 0. The average Bonchev–Trinajstić information content (AvgIpc) is 2.15. The molecule has 1 aliphatic carbocycles. The molecule has 1 aromatic rings. The molecule has 0 amide bonds. The van der Waals surface area contributed by atoms with Crippen molar-refractivity contribution in [1.29, 1.82) is 0 Å². The average molecular weight is 204 g/mol. The molecule has 2 nitrogen and oxygen atoms in total. The van der Waals surface area contributed by atoms with Crippen LogP contribution in [0.1, 0.15) is 24.8 Å². The molecule has 15 heavy (non-hydrogen) atoms. The van der Waals surface area contributed by atoms with Gasteiger partial charge in [-0.15, -0.1) is 0 Å². The number of hydrogen-bond acceptors (Lipinski definition) is 2. The van der Waals surface area contributed by atoms with Gasteiger partial charge in [0.15, 0.2) is 0 Å². The Kier molecular flexibility index (Phi) is 2.85. The molecule has 0 heterocycles. The quantitative estimate of drug-likeness (QED) is 0.767. The number of nitrogen functional groups attached to an aromatic ring is 1. The molecule has 0 saturated heterocycles. The molecule has 82 valence electrons. The predicted molar refractivity (Wildman–Crippen MR) is 66.2 cm³/mol. The van der Waals surface area contributed by atoms with E-state index in [4.69, 9.17) is 5.73 Å². The third-order valence-electron chi connectivity index (χ3n) is 3.52. The van der Waals surface area contributed by atoms with E-state index in [1.54, 1.807) is 0 Å². The van der Waals surface area contributed by atoms with E-state index >= 15 is 0 Å². The third-order valence-corrected chi connectivity index (χ3v) is 3.52. The van der Waals surface area contributed by atoms with Crippen LogP contribution < -0.4 is 10.6 Å². The van der Waals surface area contributed by atoms with E-state index in [-0.39, 0.29) is 0 Å². The second-order valence-electron chi connectivity index (χ2n) is 4.67. The minimum atomic E-state index is 0.896. The number of hydrogen-bond donors (Lipinski definition) is 1. The highest BCUT2D eigenvalue weighted by atomic mass is 15.1. The van der Waals surface area contributed by atoms with E-state index < -0.39 is 0 Å². The highest BCUT2D eigenvalue weighted by Crippen LogP contribution is 2.30. The van der Waals surface area contributed by atoms with Gasteiger partial charge in [-0.2, -0.15) is 0 Å². The van der Waals surface area contributed by atoms with Crippen LogP contribution in [0.3, 0.4) is 0 Å². The Bertz CT molecular complexity index is 342. The first-order valence-corrected chi connectivity index (χ1v) is 5.74. The van der Waals surface area contributed by atoms with Crippen molar-refractivity contribution in [3.63, 3.8) is 0 Å². The van der Waals surface area contributed by atoms with Crippen LogP contribution in [0.4, 0.5) is 11.4 Å². The zero-order chi connectivity index (χ0) is 10.8. The fraction of sp³-hybridized carbons (Fsp3) is 0.538. The number of anilines is 2. The predicted octanol–water partition coefficient (Wildman–Crippen LogP) is 2.81. The molecule has 2 N–H and O–H groups in total. The van der Waals surface area contributed by atoms with Crippen molar-refractivity contribution in [2.45, 2.75) is 26.2 Å². The summed E-state index contributed by atoms with van der Waals surface area (Å²) in [7, 11) is 2.17. The molecule has 0 atom stereocenters. The van der Waals surface area contributed by atoms with Crippen molar-refractivity contribution in [1.82, 2.24) is 0 Å². The molecule has 2 heteroatoms. The monoisotopic (exact) mass is 204 g/mol. The fourth-order valence-electron chi connectivity index (χ4n) is 2.22. The Balaban J connectivity index is 2.09. The Morgan fingerprint density at radius 3 is 2.73 bits per heavy atom. The molecule has 0 bridgehead atoms. The van der Waals surface area contributed by atoms with Crippen LogP contribution in [-0.2, 0) is 0 Å². The molecular formula is C13H20N2. The van der Waals surface area contributed by atoms with Gasteiger partial charge >= 0.3 is 0 Å². The van der Waals surface area contributed by atoms with E-state index in [0.717, 1.165) is 11.6 Å². The van der Waals surface area contributed by atoms with E-state index in [1.807, 2.05) is 12.1 Å². The van der Waals surface area contributed by atoms with Crippen molar-refractivity contribution < 1.29 is 0 Å². The Hall–Kier alpha value is -1.18. The van der Waals surface area contributed by atoms with Crippen LogP contribution in [-0.4, -0.2) is 13.6 Å². The van der Waals surface area contributed by atoms with Crippen molar-refractivity contribution in [3.05, 3.63) is 23.8 Å². The maximum absolute atomic E-state index is 5.91. The Morgan fingerprint density at radius 2 is 2.13 bits per heavy atom. The van der Waals surface area contributed by atoms with Crippen LogP contribution in [0, 0.1) is 12.8 Å². The zero-order valence-corrected chi connectivity index (χ0v) is 9.66. The van der Waals surface area contributed by atoms with Gasteiger partial charge in [0.25, 0.3) is 0 Å². The van der Waals surface area contributed by atoms with Crippen molar-refractivity contribution in [3.8, 4) is 0 Å². The van der Waals surface area contributed by atoms with Gasteiger partial charge in [-0.3, -0.25) is 0 Å². The van der Waals surface area contributed by atoms with Gasteiger partial charge in [0.05, 0.1) is 0 Å². The second kappa shape index (κ2) is 4.13. The summed E-state index contributed by atoms with van der Waals surface area (Å²) in [6, 6.07) is 6.16. The molecule has 0 aliphatic heterocycles. The number of rotatable bonds is 3. The normalized spacial score (nSPS) is 16.1. The maximum Gasteiger partial charge on any atom is 0.0414 e. The zero-order valence-electron chi connectivity index (χ0n) is 9.66. The van der Waals surface area contributed by atoms with Crippen molar-refractivity contribution >= 4 is 11.4 Å². The van der Waals surface area contributed by atoms with Crippen LogP contribution in [0.2, 0.25) is 0 Å². The van der Waals surface area contributed by atoms with Gasteiger partial charge in [0.2, 0.25) is 0 Å². The van der Waals surface area contributed by atoms with Gasteiger partial charge in [-0.05, 0) is 43.4 Å². The van der Waals surface area contributed by atoms with E-state index in [2.05, 4.69) is 24.9 Å². The summed E-state index contributed by atoms with van der Waals surface area (Å²) in [6.07, 6.45) is 4.20. The minimum Gasteiger partial charge on any atom is -0.398 e. The first-order chi connectivity index (χ1) is 7.18. The molecule has 1 aromatic carbocycles. The largest absolute Gasteiger partial charge is 0.398 e. The standard InChI is InChI=1S/C13H20N2/c1-10-12(14)7-4-8-13(10)15(2)9-11-5-3-6-11/h4,7-8,11H,3,5-6,9,14H2,1-2H3. The SMILES string of the molecule is Cc1c(N)cccc1N(C)CC1CCC1. The van der Waals surface area contributed by atoms with E-state index in [1.165, 1.54) is 37.1 Å². The number of nitrogens with zero attached hydrogens (tertiary/aromatic N) is 1. The van der Waals surface area contributed by atoms with Gasteiger partial charge in [-0.25, -0.2) is 0 Å². The maximum atomic E-state index is 5.91. The van der Waals surface area contributed by atoms with Gasteiger partial charge in [0, 0.05) is 25.0 Å². The lowest BCUT2D eigenvalue weighted by atomic mass is 9.85. The summed E-state index contributed by atoms with van der Waals surface area (Å²) in [5.74, 6) is 0.899. The van der Waals surface area contributed by atoms with Gasteiger partial charge < -0.3 is 10.6 Å². The first kappa shape index (κ1) is 10.3. The van der Waals surface area contributed by atoms with Crippen LogP contribution >= 0.6 is 0 Å². The molecule has 0 radical (unpaired) electrons. The summed E-state index contributed by atoms with van der Waals surface area (Å²) in [4.78, 5) is 2.34. The molecule has 0 spiro atoms.